The molecule has 35 heavy (non-hydrogen) atoms. The standard InChI is InChI=1S/C26H23F2N3O4/c27-19-7-6-18-22(15-4-2-1-3-5-15)31-14-29(26(34)23-24(33)20(32)9-11-30(23)31)10-8-16-12-17(16)13-35-25(18)21(19)28/h1-7,9,11,16-17,22,33H,8,10,12-14H2/t16-,17+,22-/m0/s1. The van der Waals surface area contributed by atoms with E-state index in [1.807, 2.05) is 30.3 Å². The van der Waals surface area contributed by atoms with E-state index in [9.17, 15) is 19.1 Å². The lowest BCUT2D eigenvalue weighted by molar-refractivity contribution is 0.0671. The van der Waals surface area contributed by atoms with Crippen LogP contribution in [0.15, 0.2) is 59.5 Å². The van der Waals surface area contributed by atoms with Gasteiger partial charge in [-0.15, -0.1) is 0 Å². The van der Waals surface area contributed by atoms with Crippen LogP contribution in [0.3, 0.4) is 0 Å². The number of halogens is 2. The van der Waals surface area contributed by atoms with Gasteiger partial charge in [-0.25, -0.2) is 4.39 Å². The van der Waals surface area contributed by atoms with E-state index in [0.29, 0.717) is 24.4 Å². The minimum Gasteiger partial charge on any atom is -0.502 e. The van der Waals surface area contributed by atoms with Crippen molar-refractivity contribution in [3.8, 4) is 11.5 Å². The number of aromatic nitrogens is 1. The van der Waals surface area contributed by atoms with Crippen LogP contribution >= 0.6 is 0 Å². The van der Waals surface area contributed by atoms with Crippen LogP contribution in [0.2, 0.25) is 0 Å². The highest BCUT2D eigenvalue weighted by Crippen LogP contribution is 2.44. The lowest BCUT2D eigenvalue weighted by atomic mass is 9.96. The van der Waals surface area contributed by atoms with E-state index >= 15 is 4.39 Å². The van der Waals surface area contributed by atoms with Gasteiger partial charge in [0, 0.05) is 24.4 Å². The minimum absolute atomic E-state index is 0.115. The first-order valence-corrected chi connectivity index (χ1v) is 11.6. The van der Waals surface area contributed by atoms with Gasteiger partial charge in [-0.05, 0) is 42.4 Å². The lowest BCUT2D eigenvalue weighted by Crippen LogP contribution is -2.55. The summed E-state index contributed by atoms with van der Waals surface area (Å²) in [6.45, 7) is 0.812. The third-order valence-electron chi connectivity index (χ3n) is 7.21. The van der Waals surface area contributed by atoms with Crippen LogP contribution in [0.1, 0.15) is 40.5 Å². The number of fused-ring (bicyclic) bond motifs is 6. The zero-order chi connectivity index (χ0) is 24.3. The van der Waals surface area contributed by atoms with E-state index in [-0.39, 0.29) is 30.6 Å². The van der Waals surface area contributed by atoms with Crippen molar-refractivity contribution < 1.29 is 23.4 Å². The van der Waals surface area contributed by atoms with Gasteiger partial charge >= 0.3 is 0 Å². The molecule has 3 aliphatic rings. The summed E-state index contributed by atoms with van der Waals surface area (Å²) in [7, 11) is 0. The van der Waals surface area contributed by atoms with Gasteiger partial charge in [-0.3, -0.25) is 19.3 Å². The van der Waals surface area contributed by atoms with Gasteiger partial charge in [-0.2, -0.15) is 4.39 Å². The molecule has 1 saturated carbocycles. The molecule has 3 atom stereocenters. The number of pyridine rings is 1. The maximum absolute atomic E-state index is 15.2. The van der Waals surface area contributed by atoms with Crippen molar-refractivity contribution in [3.05, 3.63) is 93.4 Å². The fourth-order valence-electron chi connectivity index (χ4n) is 5.20. The van der Waals surface area contributed by atoms with Crippen LogP contribution in [0.4, 0.5) is 8.78 Å². The van der Waals surface area contributed by atoms with Crippen molar-refractivity contribution in [3.63, 3.8) is 0 Å². The maximum Gasteiger partial charge on any atom is 0.277 e. The average molecular weight is 479 g/mol. The second kappa shape index (κ2) is 8.11. The predicted molar refractivity (Wildman–Crippen MR) is 123 cm³/mol. The molecule has 180 valence electrons. The topological polar surface area (TPSA) is 75.0 Å². The van der Waals surface area contributed by atoms with Gasteiger partial charge in [0.2, 0.25) is 11.2 Å². The molecule has 1 N–H and O–H groups in total. The van der Waals surface area contributed by atoms with E-state index in [1.54, 1.807) is 9.91 Å². The van der Waals surface area contributed by atoms with Crippen LogP contribution in [-0.2, 0) is 0 Å². The molecule has 3 aromatic rings. The summed E-state index contributed by atoms with van der Waals surface area (Å²) in [5, 5.41) is 12.4. The number of aromatic hydroxyl groups is 1. The molecule has 9 heteroatoms. The Morgan fingerprint density at radius 1 is 1.00 bits per heavy atom. The molecule has 0 radical (unpaired) electrons. The highest BCUT2D eigenvalue weighted by molar-refractivity contribution is 5.96. The molecule has 1 aliphatic carbocycles. The number of carbonyl (C=O) groups excluding carboxylic acids is 1. The average Bonchev–Trinajstić information content (AvgIpc) is 3.61. The quantitative estimate of drug-likeness (QED) is 0.579. The van der Waals surface area contributed by atoms with E-state index in [2.05, 4.69) is 0 Å². The second-order valence-corrected chi connectivity index (χ2v) is 9.32. The summed E-state index contributed by atoms with van der Waals surface area (Å²) in [6.07, 6.45) is 3.01. The van der Waals surface area contributed by atoms with Crippen LogP contribution < -0.4 is 15.2 Å². The van der Waals surface area contributed by atoms with Crippen LogP contribution in [0.5, 0.6) is 11.5 Å². The molecular weight excluding hydrogens is 456 g/mol. The van der Waals surface area contributed by atoms with Gasteiger partial charge < -0.3 is 14.7 Å². The van der Waals surface area contributed by atoms with Crippen molar-refractivity contribution in [2.24, 2.45) is 11.8 Å². The number of carbonyl (C=O) groups is 1. The number of amides is 1. The monoisotopic (exact) mass is 479 g/mol. The fraction of sp³-hybridized carbons (Fsp3) is 0.308. The van der Waals surface area contributed by atoms with Gasteiger partial charge in [0.15, 0.2) is 23.0 Å². The molecule has 0 saturated heterocycles. The highest BCUT2D eigenvalue weighted by atomic mass is 19.2. The predicted octanol–water partition coefficient (Wildman–Crippen LogP) is 3.39. The summed E-state index contributed by atoms with van der Waals surface area (Å²) in [6, 6.07) is 12.2. The first-order valence-electron chi connectivity index (χ1n) is 11.6. The van der Waals surface area contributed by atoms with Crippen LogP contribution in [0, 0.1) is 23.5 Å². The Morgan fingerprint density at radius 3 is 2.60 bits per heavy atom. The molecule has 0 spiro atoms. The smallest absolute Gasteiger partial charge is 0.277 e. The number of rotatable bonds is 1. The van der Waals surface area contributed by atoms with E-state index in [4.69, 9.17) is 4.74 Å². The highest BCUT2D eigenvalue weighted by Gasteiger charge is 2.42. The summed E-state index contributed by atoms with van der Waals surface area (Å²) in [5.74, 6) is -2.83. The summed E-state index contributed by atoms with van der Waals surface area (Å²) in [5.41, 5.74) is 0.302. The Bertz CT molecular complexity index is 1380. The van der Waals surface area contributed by atoms with Crippen molar-refractivity contribution in [2.75, 3.05) is 24.8 Å². The maximum atomic E-state index is 15.2. The molecule has 1 fully saturated rings. The zero-order valence-electron chi connectivity index (χ0n) is 18.7. The molecule has 3 heterocycles. The van der Waals surface area contributed by atoms with Crippen molar-refractivity contribution in [2.45, 2.75) is 18.9 Å². The molecule has 2 aliphatic heterocycles. The normalized spacial score (nSPS) is 23.3. The zero-order valence-corrected chi connectivity index (χ0v) is 18.7. The van der Waals surface area contributed by atoms with Gasteiger partial charge in [0.05, 0.1) is 6.61 Å². The van der Waals surface area contributed by atoms with Crippen molar-refractivity contribution >= 4 is 5.91 Å². The van der Waals surface area contributed by atoms with Gasteiger partial charge in [0.25, 0.3) is 5.91 Å². The van der Waals surface area contributed by atoms with Crippen LogP contribution in [-0.4, -0.2) is 40.4 Å². The van der Waals surface area contributed by atoms with E-state index in [0.717, 1.165) is 18.1 Å². The molecule has 1 aromatic heterocycles. The molecule has 0 unspecified atom stereocenters. The summed E-state index contributed by atoms with van der Waals surface area (Å²) < 4.78 is 36.9. The number of benzene rings is 2. The number of ether oxygens (including phenoxy) is 1. The number of hydrogen-bond acceptors (Lipinski definition) is 5. The Kier molecular flexibility index (Phi) is 5.01. The first-order chi connectivity index (χ1) is 16.9. The molecule has 2 aromatic carbocycles. The van der Waals surface area contributed by atoms with Crippen molar-refractivity contribution in [1.82, 2.24) is 9.58 Å². The Morgan fingerprint density at radius 2 is 1.80 bits per heavy atom. The largest absolute Gasteiger partial charge is 0.502 e. The third-order valence-corrected chi connectivity index (χ3v) is 7.21. The Hall–Kier alpha value is -3.88. The molecular formula is C26H23F2N3O4. The SMILES string of the molecule is O=C1c2c(O)c(=O)ccn2N2CN1CC[C@H]1C[C@@H]1COc1c(ccc(F)c1F)[C@@H]2c1ccccc1. The third kappa shape index (κ3) is 3.53. The minimum atomic E-state index is -1.06. The Labute approximate surface area is 199 Å². The van der Waals surface area contributed by atoms with E-state index < -0.39 is 34.8 Å². The summed E-state index contributed by atoms with van der Waals surface area (Å²) >= 11 is 0. The molecule has 6 rings (SSSR count). The summed E-state index contributed by atoms with van der Waals surface area (Å²) in [4.78, 5) is 27.2. The second-order valence-electron chi connectivity index (χ2n) is 9.32. The Balaban J connectivity index is 1.62. The van der Waals surface area contributed by atoms with Gasteiger partial charge in [-0.1, -0.05) is 30.3 Å². The van der Waals surface area contributed by atoms with Crippen LogP contribution in [0.25, 0.3) is 0 Å². The molecule has 1 amide bonds. The molecule has 7 nitrogen and oxygen atoms in total. The first kappa shape index (κ1) is 21.6. The number of nitrogens with zero attached hydrogens (tertiary/aromatic N) is 3. The number of hydrogen-bond donors (Lipinski definition) is 1. The fourth-order valence-corrected chi connectivity index (χ4v) is 5.20. The van der Waals surface area contributed by atoms with E-state index in [1.165, 1.54) is 23.0 Å². The molecule has 2 bridgehead atoms. The van der Waals surface area contributed by atoms with Gasteiger partial charge in [0.1, 0.15) is 12.7 Å². The van der Waals surface area contributed by atoms with Crippen molar-refractivity contribution in [1.29, 1.82) is 0 Å². The lowest BCUT2D eigenvalue weighted by Gasteiger charge is -2.44.